The lowest BCUT2D eigenvalue weighted by Crippen LogP contribution is -2.30. The van der Waals surface area contributed by atoms with Crippen LogP contribution in [-0.2, 0) is 16.8 Å². The van der Waals surface area contributed by atoms with Gasteiger partial charge in [-0.1, -0.05) is 6.07 Å². The number of rotatable bonds is 3. The summed E-state index contributed by atoms with van der Waals surface area (Å²) in [4.78, 5) is 0. The summed E-state index contributed by atoms with van der Waals surface area (Å²) in [5.74, 6) is -1.34. The van der Waals surface area contributed by atoms with Crippen molar-refractivity contribution in [3.63, 3.8) is 0 Å². The molecule has 1 heterocycles. The molecule has 5 N–H and O–H groups in total. The average molecular weight is 370 g/mol. The van der Waals surface area contributed by atoms with Gasteiger partial charge < -0.3 is 29.3 Å². The number of phenols is 3. The minimum Gasteiger partial charge on any atom is -0.508 e. The van der Waals surface area contributed by atoms with Crippen LogP contribution in [-0.4, -0.2) is 39.5 Å². The zero-order chi connectivity index (χ0) is 18.4. The van der Waals surface area contributed by atoms with Gasteiger partial charge in [-0.05, 0) is 17.7 Å². The van der Waals surface area contributed by atoms with Gasteiger partial charge in [-0.3, -0.25) is 4.55 Å². The lowest BCUT2D eigenvalue weighted by molar-refractivity contribution is 0.0197. The van der Waals surface area contributed by atoms with Crippen molar-refractivity contribution in [3.05, 3.63) is 41.5 Å². The molecule has 134 valence electrons. The minimum absolute atomic E-state index is 0.0378. The van der Waals surface area contributed by atoms with Crippen molar-refractivity contribution in [1.29, 1.82) is 0 Å². The Bertz CT molecular complexity index is 923. The van der Waals surface area contributed by atoms with Crippen molar-refractivity contribution < 1.29 is 42.3 Å². The van der Waals surface area contributed by atoms with E-state index >= 15 is 0 Å². The molecule has 0 aliphatic carbocycles. The van der Waals surface area contributed by atoms with Crippen molar-refractivity contribution in [2.45, 2.75) is 18.6 Å². The highest BCUT2D eigenvalue weighted by atomic mass is 32.3. The highest BCUT2D eigenvalue weighted by Gasteiger charge is 2.32. The van der Waals surface area contributed by atoms with E-state index in [1.807, 2.05) is 0 Å². The van der Waals surface area contributed by atoms with Gasteiger partial charge in [-0.2, -0.15) is 8.42 Å². The van der Waals surface area contributed by atoms with Gasteiger partial charge >= 0.3 is 10.4 Å². The predicted molar refractivity (Wildman–Crippen MR) is 83.1 cm³/mol. The Kier molecular flexibility index (Phi) is 4.11. The highest BCUT2D eigenvalue weighted by molar-refractivity contribution is 7.81. The predicted octanol–water partition coefficient (Wildman–Crippen LogP) is 1.02. The summed E-state index contributed by atoms with van der Waals surface area (Å²) in [6.45, 7) is 0. The normalized spacial score (nSPS) is 19.8. The molecule has 0 radical (unpaired) electrons. The highest BCUT2D eigenvalue weighted by Crippen LogP contribution is 2.42. The van der Waals surface area contributed by atoms with Crippen molar-refractivity contribution >= 4 is 10.4 Å². The lowest BCUT2D eigenvalue weighted by Gasteiger charge is -2.31. The summed E-state index contributed by atoms with van der Waals surface area (Å²) in [5, 5.41) is 39.5. The third-order valence-electron chi connectivity index (χ3n) is 3.69. The molecule has 2 atom stereocenters. The van der Waals surface area contributed by atoms with Gasteiger partial charge in [0.1, 0.15) is 23.4 Å². The Morgan fingerprint density at radius 3 is 2.44 bits per heavy atom. The van der Waals surface area contributed by atoms with E-state index in [0.717, 1.165) is 18.2 Å². The van der Waals surface area contributed by atoms with E-state index in [-0.39, 0.29) is 23.7 Å². The van der Waals surface area contributed by atoms with Gasteiger partial charge in [0.05, 0.1) is 6.10 Å². The first-order chi connectivity index (χ1) is 11.6. The van der Waals surface area contributed by atoms with Crippen LogP contribution in [0, 0.1) is 0 Å². The molecule has 2 aromatic rings. The maximum Gasteiger partial charge on any atom is 0.446 e. The number of fused-ring (bicyclic) bond motifs is 1. The van der Waals surface area contributed by atoms with Gasteiger partial charge in [0.25, 0.3) is 0 Å². The largest absolute Gasteiger partial charge is 0.508 e. The van der Waals surface area contributed by atoms with E-state index in [0.29, 0.717) is 11.1 Å². The number of aromatic hydroxyl groups is 3. The van der Waals surface area contributed by atoms with E-state index in [1.165, 1.54) is 12.1 Å². The molecular weight excluding hydrogens is 356 g/mol. The fourth-order valence-corrected chi connectivity index (χ4v) is 3.01. The van der Waals surface area contributed by atoms with Crippen molar-refractivity contribution in [2.24, 2.45) is 0 Å². The fraction of sp³-hybridized carbons (Fsp3) is 0.200. The maximum atomic E-state index is 10.7. The molecule has 1 aliphatic rings. The molecule has 1 aliphatic heterocycles. The summed E-state index contributed by atoms with van der Waals surface area (Å²) in [7, 11) is -4.79. The van der Waals surface area contributed by atoms with Gasteiger partial charge in [0, 0.05) is 24.1 Å². The Balaban J connectivity index is 1.93. The molecule has 0 saturated heterocycles. The molecule has 0 unspecified atom stereocenters. The summed E-state index contributed by atoms with van der Waals surface area (Å²) in [6.07, 6.45) is -1.98. The zero-order valence-corrected chi connectivity index (χ0v) is 13.3. The molecule has 0 amide bonds. The molecule has 3 rings (SSSR count). The van der Waals surface area contributed by atoms with Gasteiger partial charge in [0.15, 0.2) is 11.5 Å². The van der Waals surface area contributed by atoms with Crippen LogP contribution in [0.5, 0.6) is 28.7 Å². The molecule has 0 saturated carbocycles. The quantitative estimate of drug-likeness (QED) is 0.498. The number of phenolic OH excluding ortho intramolecular Hbond substituents is 3. The Morgan fingerprint density at radius 1 is 1.08 bits per heavy atom. The summed E-state index contributed by atoms with van der Waals surface area (Å²) >= 11 is 0. The first kappa shape index (κ1) is 17.1. The van der Waals surface area contributed by atoms with E-state index in [9.17, 15) is 28.8 Å². The molecule has 25 heavy (non-hydrogen) atoms. The smallest absolute Gasteiger partial charge is 0.446 e. The van der Waals surface area contributed by atoms with Crippen LogP contribution in [0.3, 0.4) is 0 Å². The second-order valence-electron chi connectivity index (χ2n) is 5.49. The number of ether oxygens (including phenoxy) is 1. The van der Waals surface area contributed by atoms with Gasteiger partial charge in [-0.25, -0.2) is 0 Å². The summed E-state index contributed by atoms with van der Waals surface area (Å²) in [6, 6.07) is 5.94. The molecule has 10 heteroatoms. The van der Waals surface area contributed by atoms with Gasteiger partial charge in [0.2, 0.25) is 0 Å². The SMILES string of the molecule is O=S(=O)(O)Oc1ccc([C@H]2Oc3cc(O)cc(O)c3C[C@H]2O)cc1O. The third kappa shape index (κ3) is 3.55. The summed E-state index contributed by atoms with van der Waals surface area (Å²) in [5.41, 5.74) is 0.623. The number of aliphatic hydroxyl groups excluding tert-OH is 1. The van der Waals surface area contributed by atoms with Gasteiger partial charge in [-0.15, -0.1) is 0 Å². The average Bonchev–Trinajstić information content (AvgIpc) is 2.48. The number of benzene rings is 2. The maximum absolute atomic E-state index is 10.7. The van der Waals surface area contributed by atoms with Crippen LogP contribution >= 0.6 is 0 Å². The second kappa shape index (κ2) is 5.99. The first-order valence-electron chi connectivity index (χ1n) is 7.03. The number of hydrogen-bond acceptors (Lipinski definition) is 8. The Labute approximate surface area is 142 Å². The van der Waals surface area contributed by atoms with Crippen LogP contribution in [0.1, 0.15) is 17.2 Å². The molecule has 9 nitrogen and oxygen atoms in total. The fourth-order valence-electron chi connectivity index (χ4n) is 2.64. The summed E-state index contributed by atoms with van der Waals surface area (Å²) < 4.78 is 39.8. The number of aliphatic hydroxyl groups is 1. The zero-order valence-electron chi connectivity index (χ0n) is 12.5. The standard InChI is InChI=1S/C15H14O9S/c16-8-4-10(17)9-6-12(19)15(23-14(9)5-8)7-1-2-13(11(18)3-7)24-25(20,21)22/h1-5,12,15-19H,6H2,(H,20,21,22)/t12-,15-/m1/s1. The minimum atomic E-state index is -4.79. The van der Waals surface area contributed by atoms with Crippen LogP contribution in [0.4, 0.5) is 0 Å². The monoisotopic (exact) mass is 370 g/mol. The van der Waals surface area contributed by atoms with Crippen molar-refractivity contribution in [1.82, 2.24) is 0 Å². The topological polar surface area (TPSA) is 154 Å². The van der Waals surface area contributed by atoms with E-state index in [1.54, 1.807) is 0 Å². The number of hydrogen-bond donors (Lipinski definition) is 5. The Morgan fingerprint density at radius 2 is 1.80 bits per heavy atom. The molecule has 0 aromatic heterocycles. The molecule has 0 fully saturated rings. The van der Waals surface area contributed by atoms with Crippen LogP contribution in [0.25, 0.3) is 0 Å². The molecule has 2 aromatic carbocycles. The van der Waals surface area contributed by atoms with Crippen LogP contribution in [0.15, 0.2) is 30.3 Å². The molecule has 0 bridgehead atoms. The molecule has 0 spiro atoms. The third-order valence-corrected chi connectivity index (χ3v) is 4.08. The van der Waals surface area contributed by atoms with Crippen molar-refractivity contribution in [2.75, 3.05) is 0 Å². The van der Waals surface area contributed by atoms with E-state index in [4.69, 9.17) is 9.29 Å². The Hall–Kier alpha value is -2.69. The van der Waals surface area contributed by atoms with E-state index in [2.05, 4.69) is 4.18 Å². The van der Waals surface area contributed by atoms with Crippen molar-refractivity contribution in [3.8, 4) is 28.7 Å². The first-order valence-corrected chi connectivity index (χ1v) is 8.40. The second-order valence-corrected chi connectivity index (χ2v) is 6.51. The molecular formula is C15H14O9S. The van der Waals surface area contributed by atoms with Crippen LogP contribution in [0.2, 0.25) is 0 Å². The van der Waals surface area contributed by atoms with Crippen LogP contribution < -0.4 is 8.92 Å². The van der Waals surface area contributed by atoms with E-state index < -0.39 is 34.1 Å². The lowest BCUT2D eigenvalue weighted by atomic mass is 9.94.